The number of H-pyrrole nitrogens is 1. The molecule has 2 aromatic heterocycles. The van der Waals surface area contributed by atoms with Crippen molar-refractivity contribution in [3.8, 4) is 0 Å². The molecule has 0 aliphatic carbocycles. The second-order valence-corrected chi connectivity index (χ2v) is 3.93. The SMILES string of the molecule is CCCn1ccnc1C(N)c1cccc(=O)[nH]1. The molecule has 2 aromatic rings. The van der Waals surface area contributed by atoms with E-state index >= 15 is 0 Å². The number of hydrogen-bond donors (Lipinski definition) is 2. The van der Waals surface area contributed by atoms with E-state index in [2.05, 4.69) is 16.9 Å². The third kappa shape index (κ3) is 2.45. The van der Waals surface area contributed by atoms with Gasteiger partial charge in [0.2, 0.25) is 5.56 Å². The fourth-order valence-corrected chi connectivity index (χ4v) is 1.81. The van der Waals surface area contributed by atoms with E-state index in [1.54, 1.807) is 18.3 Å². The van der Waals surface area contributed by atoms with E-state index in [0.29, 0.717) is 5.69 Å². The first-order valence-corrected chi connectivity index (χ1v) is 5.68. The maximum Gasteiger partial charge on any atom is 0.248 e. The summed E-state index contributed by atoms with van der Waals surface area (Å²) in [5.41, 5.74) is 6.64. The Morgan fingerprint density at radius 3 is 3.06 bits per heavy atom. The molecule has 2 heterocycles. The lowest BCUT2D eigenvalue weighted by molar-refractivity contribution is 0.606. The molecule has 0 aliphatic rings. The molecule has 0 saturated heterocycles. The van der Waals surface area contributed by atoms with Gasteiger partial charge in [-0.1, -0.05) is 13.0 Å². The largest absolute Gasteiger partial charge is 0.333 e. The highest BCUT2D eigenvalue weighted by Gasteiger charge is 2.14. The van der Waals surface area contributed by atoms with Gasteiger partial charge in [-0.3, -0.25) is 4.79 Å². The molecule has 0 aromatic carbocycles. The highest BCUT2D eigenvalue weighted by Crippen LogP contribution is 2.15. The van der Waals surface area contributed by atoms with Crippen LogP contribution in [0, 0.1) is 0 Å². The van der Waals surface area contributed by atoms with Gasteiger partial charge in [0.1, 0.15) is 11.9 Å². The summed E-state index contributed by atoms with van der Waals surface area (Å²) >= 11 is 0. The average Bonchev–Trinajstić information content (AvgIpc) is 2.77. The molecule has 0 radical (unpaired) electrons. The number of imidazole rings is 1. The van der Waals surface area contributed by atoms with E-state index in [1.807, 2.05) is 10.8 Å². The van der Waals surface area contributed by atoms with Crippen LogP contribution in [0.2, 0.25) is 0 Å². The van der Waals surface area contributed by atoms with Gasteiger partial charge in [-0.15, -0.1) is 0 Å². The smallest absolute Gasteiger partial charge is 0.248 e. The summed E-state index contributed by atoms with van der Waals surface area (Å²) in [6.07, 6.45) is 4.65. The van der Waals surface area contributed by atoms with Crippen LogP contribution in [0.3, 0.4) is 0 Å². The van der Waals surface area contributed by atoms with Crippen molar-refractivity contribution >= 4 is 0 Å². The Balaban J connectivity index is 2.33. The first-order chi connectivity index (χ1) is 8.22. The number of nitrogens with two attached hydrogens (primary N) is 1. The molecule has 90 valence electrons. The quantitative estimate of drug-likeness (QED) is 0.826. The Labute approximate surface area is 99.3 Å². The lowest BCUT2D eigenvalue weighted by Crippen LogP contribution is -2.21. The van der Waals surface area contributed by atoms with Crippen LogP contribution >= 0.6 is 0 Å². The minimum absolute atomic E-state index is 0.147. The van der Waals surface area contributed by atoms with Crippen molar-refractivity contribution < 1.29 is 0 Å². The zero-order valence-electron chi connectivity index (χ0n) is 9.76. The van der Waals surface area contributed by atoms with E-state index in [1.165, 1.54) is 6.07 Å². The Kier molecular flexibility index (Phi) is 3.39. The van der Waals surface area contributed by atoms with Gasteiger partial charge in [-0.05, 0) is 12.5 Å². The summed E-state index contributed by atoms with van der Waals surface area (Å²) in [6, 6.07) is 4.57. The number of aromatic nitrogens is 3. The molecular formula is C12H16N4O. The second kappa shape index (κ2) is 4.97. The molecule has 1 atom stereocenters. The molecule has 3 N–H and O–H groups in total. The second-order valence-electron chi connectivity index (χ2n) is 3.93. The molecule has 5 nitrogen and oxygen atoms in total. The van der Waals surface area contributed by atoms with Crippen LogP contribution < -0.4 is 11.3 Å². The summed E-state index contributed by atoms with van der Waals surface area (Å²) in [4.78, 5) is 18.2. The van der Waals surface area contributed by atoms with Crippen molar-refractivity contribution in [3.63, 3.8) is 0 Å². The Morgan fingerprint density at radius 2 is 2.35 bits per heavy atom. The van der Waals surface area contributed by atoms with Crippen molar-refractivity contribution in [1.82, 2.24) is 14.5 Å². The molecule has 0 aliphatic heterocycles. The third-order valence-corrected chi connectivity index (χ3v) is 2.62. The first kappa shape index (κ1) is 11.6. The number of nitrogens with zero attached hydrogens (tertiary/aromatic N) is 2. The molecule has 2 rings (SSSR count). The van der Waals surface area contributed by atoms with E-state index < -0.39 is 6.04 Å². The Bertz CT molecular complexity index is 543. The van der Waals surface area contributed by atoms with Crippen LogP contribution in [0.5, 0.6) is 0 Å². The summed E-state index contributed by atoms with van der Waals surface area (Å²) in [5.74, 6) is 0.772. The summed E-state index contributed by atoms with van der Waals surface area (Å²) in [6.45, 7) is 2.97. The summed E-state index contributed by atoms with van der Waals surface area (Å²) in [5, 5.41) is 0. The average molecular weight is 232 g/mol. The maximum absolute atomic E-state index is 11.2. The highest BCUT2D eigenvalue weighted by atomic mass is 16.1. The van der Waals surface area contributed by atoms with Crippen molar-refractivity contribution in [3.05, 3.63) is 52.5 Å². The van der Waals surface area contributed by atoms with Gasteiger partial charge in [-0.2, -0.15) is 0 Å². The Hall–Kier alpha value is -1.88. The van der Waals surface area contributed by atoms with Crippen LogP contribution in [0.15, 0.2) is 35.4 Å². The molecule has 0 fully saturated rings. The number of pyridine rings is 1. The highest BCUT2D eigenvalue weighted by molar-refractivity contribution is 5.17. The lowest BCUT2D eigenvalue weighted by Gasteiger charge is -2.13. The zero-order valence-corrected chi connectivity index (χ0v) is 9.76. The Morgan fingerprint density at radius 1 is 1.53 bits per heavy atom. The van der Waals surface area contributed by atoms with E-state index in [9.17, 15) is 4.79 Å². The number of rotatable bonds is 4. The van der Waals surface area contributed by atoms with Gasteiger partial charge in [0.05, 0.1) is 0 Å². The lowest BCUT2D eigenvalue weighted by atomic mass is 10.2. The van der Waals surface area contributed by atoms with Crippen molar-refractivity contribution in [1.29, 1.82) is 0 Å². The maximum atomic E-state index is 11.2. The molecule has 0 spiro atoms. The molecule has 1 unspecified atom stereocenters. The molecule has 5 heteroatoms. The van der Waals surface area contributed by atoms with Crippen molar-refractivity contribution in [2.24, 2.45) is 5.73 Å². The molecular weight excluding hydrogens is 216 g/mol. The fraction of sp³-hybridized carbons (Fsp3) is 0.333. The number of aryl methyl sites for hydroxylation is 1. The normalized spacial score (nSPS) is 12.6. The van der Waals surface area contributed by atoms with Crippen molar-refractivity contribution in [2.45, 2.75) is 25.9 Å². The van der Waals surface area contributed by atoms with Crippen LogP contribution in [-0.4, -0.2) is 14.5 Å². The van der Waals surface area contributed by atoms with Crippen LogP contribution in [0.1, 0.15) is 30.9 Å². The minimum atomic E-state index is -0.398. The van der Waals surface area contributed by atoms with E-state index in [-0.39, 0.29) is 5.56 Å². The molecule has 17 heavy (non-hydrogen) atoms. The van der Waals surface area contributed by atoms with Gasteiger partial charge < -0.3 is 15.3 Å². The molecule has 0 saturated carbocycles. The van der Waals surface area contributed by atoms with E-state index in [0.717, 1.165) is 18.8 Å². The zero-order chi connectivity index (χ0) is 12.3. The third-order valence-electron chi connectivity index (χ3n) is 2.62. The number of nitrogens with one attached hydrogen (secondary N) is 1. The minimum Gasteiger partial charge on any atom is -0.333 e. The monoisotopic (exact) mass is 232 g/mol. The van der Waals surface area contributed by atoms with Crippen LogP contribution in [0.4, 0.5) is 0 Å². The number of hydrogen-bond acceptors (Lipinski definition) is 3. The summed E-state index contributed by atoms with van der Waals surface area (Å²) < 4.78 is 2.01. The summed E-state index contributed by atoms with van der Waals surface area (Å²) in [7, 11) is 0. The predicted molar refractivity (Wildman–Crippen MR) is 65.6 cm³/mol. The van der Waals surface area contributed by atoms with Gasteiger partial charge in [0.15, 0.2) is 0 Å². The van der Waals surface area contributed by atoms with Gasteiger partial charge in [0, 0.05) is 30.7 Å². The molecule has 0 bridgehead atoms. The number of aromatic amines is 1. The van der Waals surface area contributed by atoms with Gasteiger partial charge in [0.25, 0.3) is 0 Å². The van der Waals surface area contributed by atoms with Gasteiger partial charge in [-0.25, -0.2) is 4.98 Å². The van der Waals surface area contributed by atoms with Crippen molar-refractivity contribution in [2.75, 3.05) is 0 Å². The van der Waals surface area contributed by atoms with Gasteiger partial charge >= 0.3 is 0 Å². The fourth-order valence-electron chi connectivity index (χ4n) is 1.81. The van der Waals surface area contributed by atoms with E-state index in [4.69, 9.17) is 5.73 Å². The first-order valence-electron chi connectivity index (χ1n) is 5.68. The molecule has 0 amide bonds. The topological polar surface area (TPSA) is 76.7 Å². The standard InChI is InChI=1S/C12H16N4O/c1-2-7-16-8-6-14-12(16)11(13)9-4-3-5-10(17)15-9/h3-6,8,11H,2,7,13H2,1H3,(H,15,17). The van der Waals surface area contributed by atoms with Crippen LogP contribution in [-0.2, 0) is 6.54 Å². The van der Waals surface area contributed by atoms with Crippen LogP contribution in [0.25, 0.3) is 0 Å². The predicted octanol–water partition coefficient (Wildman–Crippen LogP) is 1.03.